The smallest absolute Gasteiger partial charge is 0.380 e. The van der Waals surface area contributed by atoms with Crippen LogP contribution in [0, 0.1) is 0 Å². The number of halogens is 4. The highest BCUT2D eigenvalue weighted by Crippen LogP contribution is 2.35. The first-order valence-electron chi connectivity index (χ1n) is 14.8. The number of anilines is 2. The summed E-state index contributed by atoms with van der Waals surface area (Å²) in [6.07, 6.45) is -2.04. The molecule has 0 saturated carbocycles. The standard InChI is InChI=1S/C35H30ClF3N4O4/c36-29-14-12-22(18-28(29)35(37,38)39)21-40-42-34(47)27-20-26(43-16-5-2-6-17-43)13-15-30(27)41-33(46)25-11-7-10-24(19-25)32(45)31(44)23-8-3-1-4-9-23/h1,3-4,7-15,18-21,32,45H,2,5-6,16-17H2,(H,41,46)(H,42,47)/b40-21+. The van der Waals surface area contributed by atoms with Crippen molar-refractivity contribution in [1.29, 1.82) is 0 Å². The molecule has 5 rings (SSSR count). The number of nitrogens with one attached hydrogen (secondary N) is 2. The number of carbonyl (C=O) groups is 3. The number of aliphatic hydroxyl groups is 1. The molecule has 12 heteroatoms. The SMILES string of the molecule is O=C(Nc1ccc(N2CCCCC2)cc1C(=O)N/N=C/c1ccc(Cl)c(C(F)(F)F)c1)c1cccc(C(O)C(=O)c2ccccc2)c1. The number of nitrogens with zero attached hydrogens (tertiary/aromatic N) is 2. The number of alkyl halides is 3. The Morgan fingerprint density at radius 2 is 1.57 bits per heavy atom. The van der Waals surface area contributed by atoms with Crippen molar-refractivity contribution in [3.05, 3.63) is 129 Å². The van der Waals surface area contributed by atoms with Crippen molar-refractivity contribution in [1.82, 2.24) is 5.43 Å². The van der Waals surface area contributed by atoms with E-state index in [0.717, 1.165) is 56.4 Å². The number of hydrazone groups is 1. The third kappa shape index (κ3) is 8.24. The molecule has 4 aromatic carbocycles. The van der Waals surface area contributed by atoms with Gasteiger partial charge in [0.2, 0.25) is 0 Å². The van der Waals surface area contributed by atoms with Gasteiger partial charge in [-0.15, -0.1) is 0 Å². The van der Waals surface area contributed by atoms with Gasteiger partial charge in [-0.25, -0.2) is 5.43 Å². The van der Waals surface area contributed by atoms with E-state index in [9.17, 15) is 32.7 Å². The second-order valence-electron chi connectivity index (χ2n) is 10.9. The summed E-state index contributed by atoms with van der Waals surface area (Å²) in [4.78, 5) is 41.7. The Balaban J connectivity index is 1.37. The lowest BCUT2D eigenvalue weighted by atomic mass is 9.98. The molecule has 1 aliphatic rings. The molecule has 2 amide bonds. The lowest BCUT2D eigenvalue weighted by Crippen LogP contribution is -2.30. The number of aliphatic hydroxyl groups excluding tert-OH is 1. The summed E-state index contributed by atoms with van der Waals surface area (Å²) < 4.78 is 39.8. The predicted molar refractivity (Wildman–Crippen MR) is 174 cm³/mol. The Kier molecular flexibility index (Phi) is 10.4. The maximum atomic E-state index is 13.4. The Morgan fingerprint density at radius 1 is 0.851 bits per heavy atom. The number of ketones is 1. The minimum atomic E-state index is -4.67. The monoisotopic (exact) mass is 662 g/mol. The minimum Gasteiger partial charge on any atom is -0.380 e. The molecule has 1 atom stereocenters. The molecule has 0 spiro atoms. The molecular formula is C35H30ClF3N4O4. The Labute approximate surface area is 273 Å². The molecule has 3 N–H and O–H groups in total. The summed E-state index contributed by atoms with van der Waals surface area (Å²) in [5, 5.41) is 16.8. The van der Waals surface area contributed by atoms with E-state index in [1.54, 1.807) is 48.5 Å². The van der Waals surface area contributed by atoms with Crippen LogP contribution in [0.15, 0.2) is 96.1 Å². The average molecular weight is 663 g/mol. The molecule has 1 fully saturated rings. The van der Waals surface area contributed by atoms with Gasteiger partial charge in [-0.1, -0.05) is 60.1 Å². The van der Waals surface area contributed by atoms with Crippen LogP contribution in [0.4, 0.5) is 24.5 Å². The van der Waals surface area contributed by atoms with Gasteiger partial charge in [-0.05, 0) is 72.9 Å². The lowest BCUT2D eigenvalue weighted by molar-refractivity contribution is -0.137. The van der Waals surface area contributed by atoms with Gasteiger partial charge >= 0.3 is 6.18 Å². The first-order valence-corrected chi connectivity index (χ1v) is 15.2. The summed E-state index contributed by atoms with van der Waals surface area (Å²) >= 11 is 5.69. The minimum absolute atomic E-state index is 0.0606. The molecule has 1 saturated heterocycles. The fraction of sp³-hybridized carbons (Fsp3) is 0.200. The predicted octanol–water partition coefficient (Wildman–Crippen LogP) is 7.28. The van der Waals surface area contributed by atoms with E-state index in [4.69, 9.17) is 11.6 Å². The van der Waals surface area contributed by atoms with Crippen LogP contribution in [-0.2, 0) is 6.18 Å². The molecule has 1 aliphatic heterocycles. The number of hydrogen-bond acceptors (Lipinski definition) is 6. The van der Waals surface area contributed by atoms with Crippen LogP contribution in [0.3, 0.4) is 0 Å². The quantitative estimate of drug-likeness (QED) is 0.0991. The third-order valence-corrected chi connectivity index (χ3v) is 7.99. The summed E-state index contributed by atoms with van der Waals surface area (Å²) in [6, 6.07) is 22.5. The number of carbonyl (C=O) groups excluding carboxylic acids is 3. The maximum Gasteiger partial charge on any atom is 0.417 e. The fourth-order valence-corrected chi connectivity index (χ4v) is 5.42. The van der Waals surface area contributed by atoms with E-state index < -0.39 is 40.5 Å². The summed E-state index contributed by atoms with van der Waals surface area (Å²) in [5.74, 6) is -1.84. The van der Waals surface area contributed by atoms with Crippen LogP contribution in [0.5, 0.6) is 0 Å². The summed E-state index contributed by atoms with van der Waals surface area (Å²) in [7, 11) is 0. The second kappa shape index (κ2) is 14.6. The number of amides is 2. The average Bonchev–Trinajstić information content (AvgIpc) is 3.08. The van der Waals surface area contributed by atoms with Crippen LogP contribution in [0.25, 0.3) is 0 Å². The van der Waals surface area contributed by atoms with Crippen molar-refractivity contribution in [2.45, 2.75) is 31.5 Å². The van der Waals surface area contributed by atoms with Gasteiger partial charge in [0.25, 0.3) is 11.8 Å². The van der Waals surface area contributed by atoms with Crippen LogP contribution < -0.4 is 15.6 Å². The number of hydrogen-bond donors (Lipinski definition) is 3. The highest BCUT2D eigenvalue weighted by Gasteiger charge is 2.33. The zero-order valence-corrected chi connectivity index (χ0v) is 25.7. The maximum absolute atomic E-state index is 13.4. The molecule has 47 heavy (non-hydrogen) atoms. The molecule has 0 radical (unpaired) electrons. The number of rotatable bonds is 9. The summed E-state index contributed by atoms with van der Waals surface area (Å²) in [5.41, 5.74) is 3.01. The van der Waals surface area contributed by atoms with Crippen molar-refractivity contribution < 1.29 is 32.7 Å². The van der Waals surface area contributed by atoms with E-state index in [-0.39, 0.29) is 27.9 Å². The number of benzene rings is 4. The Bertz CT molecular complexity index is 1810. The largest absolute Gasteiger partial charge is 0.417 e. The van der Waals surface area contributed by atoms with Crippen molar-refractivity contribution in [3.8, 4) is 0 Å². The van der Waals surface area contributed by atoms with Crippen molar-refractivity contribution >= 4 is 46.8 Å². The van der Waals surface area contributed by atoms with E-state index in [2.05, 4.69) is 20.7 Å². The van der Waals surface area contributed by atoms with Crippen LogP contribution in [0.2, 0.25) is 5.02 Å². The third-order valence-electron chi connectivity index (χ3n) is 7.66. The summed E-state index contributed by atoms with van der Waals surface area (Å²) in [6.45, 7) is 1.58. The van der Waals surface area contributed by atoms with Crippen molar-refractivity contribution in [2.24, 2.45) is 5.10 Å². The van der Waals surface area contributed by atoms with Gasteiger partial charge in [-0.3, -0.25) is 14.4 Å². The Morgan fingerprint density at radius 3 is 2.30 bits per heavy atom. The topological polar surface area (TPSA) is 111 Å². The van der Waals surface area contributed by atoms with E-state index in [1.165, 1.54) is 30.3 Å². The van der Waals surface area contributed by atoms with Crippen LogP contribution in [0.1, 0.15) is 73.1 Å². The Hall–Kier alpha value is -5.00. The molecule has 4 aromatic rings. The van der Waals surface area contributed by atoms with Gasteiger partial charge in [0.1, 0.15) is 6.10 Å². The molecule has 0 bridgehead atoms. The molecule has 1 unspecified atom stereocenters. The first kappa shape index (κ1) is 33.4. The first-order chi connectivity index (χ1) is 22.5. The molecule has 0 aromatic heterocycles. The highest BCUT2D eigenvalue weighted by molar-refractivity contribution is 6.31. The molecule has 0 aliphatic carbocycles. The second-order valence-corrected chi connectivity index (χ2v) is 11.3. The molecule has 242 valence electrons. The van der Waals surface area contributed by atoms with Gasteiger partial charge in [0, 0.05) is 29.9 Å². The van der Waals surface area contributed by atoms with Crippen LogP contribution in [-0.4, -0.2) is 42.0 Å². The van der Waals surface area contributed by atoms with Gasteiger partial charge in [0.15, 0.2) is 5.78 Å². The van der Waals surface area contributed by atoms with Crippen molar-refractivity contribution in [3.63, 3.8) is 0 Å². The fourth-order valence-electron chi connectivity index (χ4n) is 5.20. The van der Waals surface area contributed by atoms with Crippen molar-refractivity contribution in [2.75, 3.05) is 23.3 Å². The van der Waals surface area contributed by atoms with E-state index >= 15 is 0 Å². The normalized spacial score (nSPS) is 14.1. The lowest BCUT2D eigenvalue weighted by Gasteiger charge is -2.29. The molecule has 1 heterocycles. The molecule has 8 nitrogen and oxygen atoms in total. The van der Waals surface area contributed by atoms with Gasteiger partial charge < -0.3 is 15.3 Å². The number of Topliss-reactive ketones (excluding diaryl/α,β-unsaturated/α-hetero) is 1. The van der Waals surface area contributed by atoms with E-state index in [0.29, 0.717) is 5.56 Å². The van der Waals surface area contributed by atoms with E-state index in [1.807, 2.05) is 0 Å². The zero-order chi connectivity index (χ0) is 33.6. The van der Waals surface area contributed by atoms with Gasteiger partial charge in [-0.2, -0.15) is 18.3 Å². The molecular weight excluding hydrogens is 633 g/mol. The zero-order valence-electron chi connectivity index (χ0n) is 24.9. The highest BCUT2D eigenvalue weighted by atomic mass is 35.5. The van der Waals surface area contributed by atoms with Gasteiger partial charge in [0.05, 0.1) is 28.1 Å². The van der Waals surface area contributed by atoms with Crippen LogP contribution >= 0.6 is 11.6 Å². The number of piperidine rings is 1.